The van der Waals surface area contributed by atoms with Crippen molar-refractivity contribution in [3.8, 4) is 0 Å². The van der Waals surface area contributed by atoms with Gasteiger partial charge in [-0.25, -0.2) is 0 Å². The summed E-state index contributed by atoms with van der Waals surface area (Å²) in [5.41, 5.74) is 5.98. The Morgan fingerprint density at radius 3 is 2.60 bits per heavy atom. The van der Waals surface area contributed by atoms with Crippen LogP contribution in [0.1, 0.15) is 31.6 Å². The van der Waals surface area contributed by atoms with Crippen LogP contribution < -0.4 is 5.73 Å². The summed E-state index contributed by atoms with van der Waals surface area (Å²) in [6.07, 6.45) is 1.91. The molecule has 0 saturated heterocycles. The maximum atomic E-state index is 6.14. The fraction of sp³-hybridized carbons (Fsp3) is 0.636. The predicted molar refractivity (Wildman–Crippen MR) is 69.2 cm³/mol. The van der Waals surface area contributed by atoms with E-state index in [1.54, 1.807) is 11.3 Å². The lowest BCUT2D eigenvalue weighted by Crippen LogP contribution is -2.43. The molecule has 1 rings (SSSR count). The van der Waals surface area contributed by atoms with Crippen LogP contribution in [0, 0.1) is 0 Å². The summed E-state index contributed by atoms with van der Waals surface area (Å²) in [4.78, 5) is 1.23. The molecule has 0 amide bonds. The molecular weight excluding hydrogens is 274 g/mol. The number of nitrogens with two attached hydrogens (primary N) is 1. The van der Waals surface area contributed by atoms with Crippen molar-refractivity contribution < 1.29 is 4.74 Å². The van der Waals surface area contributed by atoms with Gasteiger partial charge in [0.25, 0.3) is 0 Å². The molecule has 0 saturated carbocycles. The molecule has 0 aliphatic rings. The molecule has 0 atom stereocenters. The van der Waals surface area contributed by atoms with Crippen LogP contribution >= 0.6 is 27.3 Å². The average Bonchev–Trinajstić information content (AvgIpc) is 2.64. The SMILES string of the molecule is CCC(N)(CC)COCc1sccc1Br. The highest BCUT2D eigenvalue weighted by Crippen LogP contribution is 2.24. The summed E-state index contributed by atoms with van der Waals surface area (Å²) in [6.45, 7) is 5.49. The molecule has 0 fully saturated rings. The van der Waals surface area contributed by atoms with Gasteiger partial charge in [0.2, 0.25) is 0 Å². The van der Waals surface area contributed by atoms with Gasteiger partial charge in [0, 0.05) is 14.9 Å². The predicted octanol–water partition coefficient (Wildman–Crippen LogP) is 3.54. The van der Waals surface area contributed by atoms with Gasteiger partial charge in [-0.05, 0) is 40.2 Å². The Morgan fingerprint density at radius 2 is 2.13 bits per heavy atom. The maximum absolute atomic E-state index is 6.14. The number of hydrogen-bond donors (Lipinski definition) is 1. The van der Waals surface area contributed by atoms with E-state index in [4.69, 9.17) is 10.5 Å². The zero-order chi connectivity index (χ0) is 11.3. The van der Waals surface area contributed by atoms with Gasteiger partial charge in [0.1, 0.15) is 0 Å². The fourth-order valence-electron chi connectivity index (χ4n) is 1.23. The van der Waals surface area contributed by atoms with E-state index in [0.29, 0.717) is 13.2 Å². The number of halogens is 1. The first-order valence-corrected chi connectivity index (χ1v) is 6.87. The van der Waals surface area contributed by atoms with Crippen LogP contribution in [0.5, 0.6) is 0 Å². The summed E-state index contributed by atoms with van der Waals surface area (Å²) in [7, 11) is 0. The second kappa shape index (κ2) is 5.99. The van der Waals surface area contributed by atoms with Crippen LogP contribution in [0.25, 0.3) is 0 Å². The van der Waals surface area contributed by atoms with Crippen LogP contribution in [-0.2, 0) is 11.3 Å². The molecule has 1 aromatic heterocycles. The topological polar surface area (TPSA) is 35.2 Å². The minimum absolute atomic E-state index is 0.163. The number of hydrogen-bond acceptors (Lipinski definition) is 3. The van der Waals surface area contributed by atoms with E-state index in [9.17, 15) is 0 Å². The van der Waals surface area contributed by atoms with Crippen molar-refractivity contribution in [2.45, 2.75) is 38.8 Å². The first-order chi connectivity index (χ1) is 7.11. The normalized spacial score (nSPS) is 12.0. The molecular formula is C11H18BrNOS. The molecule has 4 heteroatoms. The second-order valence-corrected chi connectivity index (χ2v) is 5.61. The molecule has 86 valence electrons. The maximum Gasteiger partial charge on any atom is 0.0821 e. The van der Waals surface area contributed by atoms with E-state index >= 15 is 0 Å². The molecule has 0 spiro atoms. The second-order valence-electron chi connectivity index (χ2n) is 3.75. The van der Waals surface area contributed by atoms with Gasteiger partial charge in [-0.1, -0.05) is 13.8 Å². The monoisotopic (exact) mass is 291 g/mol. The molecule has 1 aromatic rings. The Morgan fingerprint density at radius 1 is 1.47 bits per heavy atom. The Bertz CT molecular complexity index is 297. The van der Waals surface area contributed by atoms with Crippen LogP contribution in [0.3, 0.4) is 0 Å². The largest absolute Gasteiger partial charge is 0.374 e. The first kappa shape index (κ1) is 13.2. The van der Waals surface area contributed by atoms with Crippen molar-refractivity contribution in [2.24, 2.45) is 5.73 Å². The summed E-state index contributed by atoms with van der Waals surface area (Å²) in [6, 6.07) is 2.04. The van der Waals surface area contributed by atoms with Crippen LogP contribution in [-0.4, -0.2) is 12.1 Å². The minimum atomic E-state index is -0.163. The highest BCUT2D eigenvalue weighted by molar-refractivity contribution is 9.10. The summed E-state index contributed by atoms with van der Waals surface area (Å²) in [5, 5.41) is 2.05. The van der Waals surface area contributed by atoms with Crippen molar-refractivity contribution >= 4 is 27.3 Å². The summed E-state index contributed by atoms with van der Waals surface area (Å²) in [5.74, 6) is 0. The fourth-order valence-corrected chi connectivity index (χ4v) is 2.63. The quantitative estimate of drug-likeness (QED) is 0.870. The van der Waals surface area contributed by atoms with E-state index in [0.717, 1.165) is 17.3 Å². The Kier molecular flexibility index (Phi) is 5.26. The minimum Gasteiger partial charge on any atom is -0.374 e. The molecule has 2 nitrogen and oxygen atoms in total. The Hall–Kier alpha value is 0.100. The van der Waals surface area contributed by atoms with Gasteiger partial charge in [-0.3, -0.25) is 0 Å². The lowest BCUT2D eigenvalue weighted by Gasteiger charge is -2.26. The van der Waals surface area contributed by atoms with Crippen LogP contribution in [0.15, 0.2) is 15.9 Å². The van der Waals surface area contributed by atoms with Gasteiger partial charge in [-0.15, -0.1) is 11.3 Å². The van der Waals surface area contributed by atoms with Crippen molar-refractivity contribution in [1.82, 2.24) is 0 Å². The average molecular weight is 292 g/mol. The van der Waals surface area contributed by atoms with Gasteiger partial charge >= 0.3 is 0 Å². The number of thiophene rings is 1. The Balaban J connectivity index is 2.36. The first-order valence-electron chi connectivity index (χ1n) is 5.20. The number of rotatable bonds is 6. The zero-order valence-electron chi connectivity index (χ0n) is 9.25. The lowest BCUT2D eigenvalue weighted by molar-refractivity contribution is 0.0709. The highest BCUT2D eigenvalue weighted by atomic mass is 79.9. The third-order valence-electron chi connectivity index (χ3n) is 2.72. The molecule has 1 heterocycles. The molecule has 0 aromatic carbocycles. The third kappa shape index (κ3) is 3.87. The van der Waals surface area contributed by atoms with Gasteiger partial charge in [0.15, 0.2) is 0 Å². The molecule has 2 N–H and O–H groups in total. The van der Waals surface area contributed by atoms with Gasteiger partial charge in [-0.2, -0.15) is 0 Å². The van der Waals surface area contributed by atoms with Crippen molar-refractivity contribution in [3.05, 3.63) is 20.8 Å². The Labute approximate surface area is 104 Å². The molecule has 15 heavy (non-hydrogen) atoms. The third-order valence-corrected chi connectivity index (χ3v) is 4.62. The zero-order valence-corrected chi connectivity index (χ0v) is 11.7. The van der Waals surface area contributed by atoms with Crippen LogP contribution in [0.4, 0.5) is 0 Å². The number of ether oxygens (including phenoxy) is 1. The van der Waals surface area contributed by atoms with Crippen molar-refractivity contribution in [3.63, 3.8) is 0 Å². The smallest absolute Gasteiger partial charge is 0.0821 e. The van der Waals surface area contributed by atoms with E-state index in [1.165, 1.54) is 4.88 Å². The van der Waals surface area contributed by atoms with E-state index < -0.39 is 0 Å². The molecule has 0 radical (unpaired) electrons. The molecule has 0 bridgehead atoms. The van der Waals surface area contributed by atoms with Gasteiger partial charge in [0.05, 0.1) is 13.2 Å². The van der Waals surface area contributed by atoms with Crippen LogP contribution in [0.2, 0.25) is 0 Å². The van der Waals surface area contributed by atoms with Crippen molar-refractivity contribution in [1.29, 1.82) is 0 Å². The summed E-state index contributed by atoms with van der Waals surface area (Å²) < 4.78 is 6.79. The highest BCUT2D eigenvalue weighted by Gasteiger charge is 2.20. The van der Waals surface area contributed by atoms with E-state index in [-0.39, 0.29) is 5.54 Å². The van der Waals surface area contributed by atoms with E-state index in [1.807, 2.05) is 6.07 Å². The van der Waals surface area contributed by atoms with E-state index in [2.05, 4.69) is 35.2 Å². The molecule has 0 aliphatic heterocycles. The summed E-state index contributed by atoms with van der Waals surface area (Å²) >= 11 is 5.18. The lowest BCUT2D eigenvalue weighted by atomic mass is 9.96. The van der Waals surface area contributed by atoms with Gasteiger partial charge < -0.3 is 10.5 Å². The standard InChI is InChI=1S/C11H18BrNOS/c1-3-11(13,4-2)8-14-7-10-9(12)5-6-15-10/h5-6H,3-4,7-8,13H2,1-2H3. The molecule has 0 unspecified atom stereocenters. The van der Waals surface area contributed by atoms with Crippen molar-refractivity contribution in [2.75, 3.05) is 6.61 Å². The molecule has 0 aliphatic carbocycles.